The zero-order valence-corrected chi connectivity index (χ0v) is 20.8. The van der Waals surface area contributed by atoms with Crippen LogP contribution in [-0.4, -0.2) is 62.4 Å². The van der Waals surface area contributed by atoms with Gasteiger partial charge in [0, 0.05) is 43.1 Å². The van der Waals surface area contributed by atoms with Gasteiger partial charge >= 0.3 is 0 Å². The van der Waals surface area contributed by atoms with Crippen LogP contribution in [0.4, 0.5) is 11.4 Å². The van der Waals surface area contributed by atoms with Crippen LogP contribution >= 0.6 is 0 Å². The smallest absolute Gasteiger partial charge is 0.247 e. The third-order valence-electron chi connectivity index (χ3n) is 6.36. The molecule has 0 aliphatic carbocycles. The number of nitrogens with two attached hydrogens (primary N) is 1. The van der Waals surface area contributed by atoms with Gasteiger partial charge in [-0.15, -0.1) is 0 Å². The van der Waals surface area contributed by atoms with E-state index in [1.54, 1.807) is 30.2 Å². The minimum Gasteiger partial charge on any atom is -0.497 e. The molecule has 0 saturated carbocycles. The van der Waals surface area contributed by atoms with Crippen molar-refractivity contribution in [2.45, 2.75) is 6.04 Å². The van der Waals surface area contributed by atoms with Gasteiger partial charge in [-0.2, -0.15) is 0 Å². The fraction of sp³-hybridized carbons (Fsp3) is 0.250. The number of rotatable bonds is 9. The molecule has 9 nitrogen and oxygen atoms in total. The second kappa shape index (κ2) is 11.9. The number of nitrogens with one attached hydrogen (secondary N) is 3. The van der Waals surface area contributed by atoms with Gasteiger partial charge in [0.2, 0.25) is 11.8 Å². The number of ether oxygens (including phenoxy) is 1. The largest absolute Gasteiger partial charge is 0.497 e. The molecule has 1 saturated heterocycles. The number of hydrogen-bond donors (Lipinski definition) is 4. The van der Waals surface area contributed by atoms with E-state index in [0.717, 1.165) is 17.0 Å². The van der Waals surface area contributed by atoms with Crippen LogP contribution in [0.2, 0.25) is 0 Å². The molecular weight excluding hydrogens is 468 g/mol. The molecule has 3 aromatic rings. The van der Waals surface area contributed by atoms with E-state index >= 15 is 0 Å². The molecule has 0 spiro atoms. The highest BCUT2D eigenvalue weighted by atomic mass is 16.5. The summed E-state index contributed by atoms with van der Waals surface area (Å²) in [5.74, 6) is 0.322. The van der Waals surface area contributed by atoms with E-state index < -0.39 is 6.04 Å². The van der Waals surface area contributed by atoms with Gasteiger partial charge in [0.1, 0.15) is 17.6 Å². The minimum absolute atomic E-state index is 0.0537. The summed E-state index contributed by atoms with van der Waals surface area (Å²) in [6.07, 6.45) is 0. The van der Waals surface area contributed by atoms with Gasteiger partial charge < -0.3 is 30.9 Å². The van der Waals surface area contributed by atoms with Gasteiger partial charge in [0.05, 0.1) is 13.7 Å². The molecule has 1 fully saturated rings. The fourth-order valence-electron chi connectivity index (χ4n) is 4.27. The lowest BCUT2D eigenvalue weighted by molar-refractivity contribution is -0.133. The number of nitrogen functional groups attached to an aromatic ring is 1. The van der Waals surface area contributed by atoms with Crippen LogP contribution in [0.25, 0.3) is 0 Å². The Balaban J connectivity index is 1.35. The molecule has 3 aromatic carbocycles. The van der Waals surface area contributed by atoms with Crippen LogP contribution in [0.3, 0.4) is 0 Å². The highest BCUT2D eigenvalue weighted by Gasteiger charge is 2.24. The predicted molar refractivity (Wildman–Crippen MR) is 145 cm³/mol. The zero-order valence-electron chi connectivity index (χ0n) is 20.8. The Morgan fingerprint density at radius 2 is 1.68 bits per heavy atom. The first-order valence-electron chi connectivity index (χ1n) is 12.1. The minimum atomic E-state index is -0.719. The average molecular weight is 501 g/mol. The average Bonchev–Trinajstić information content (AvgIpc) is 2.95. The molecule has 1 atom stereocenters. The maximum atomic E-state index is 13.2. The molecule has 1 aliphatic rings. The third kappa shape index (κ3) is 6.58. The van der Waals surface area contributed by atoms with Crippen molar-refractivity contribution < 1.29 is 14.3 Å². The van der Waals surface area contributed by atoms with Crippen molar-refractivity contribution >= 4 is 29.0 Å². The van der Waals surface area contributed by atoms with Gasteiger partial charge in [-0.3, -0.25) is 15.0 Å². The van der Waals surface area contributed by atoms with Gasteiger partial charge in [0.25, 0.3) is 0 Å². The normalized spacial score (nSPS) is 14.0. The Bertz CT molecular complexity index is 1220. The standard InChI is InChI=1S/C28H32N6O3/c1-37-24-12-10-23(11-13-24)33-14-16-34(17-15-33)25(35)19-31-28(36)26(20-6-3-2-4-7-20)32-22-9-5-8-21(18-22)27(29)30/h2-13,18,26,32H,14-17,19H2,1H3,(H3,29,30)(H,31,36). The Kier molecular flexibility index (Phi) is 8.25. The highest BCUT2D eigenvalue weighted by molar-refractivity contribution is 5.96. The Morgan fingerprint density at radius 3 is 2.32 bits per heavy atom. The van der Waals surface area contributed by atoms with Crippen LogP contribution in [0.5, 0.6) is 5.75 Å². The molecule has 9 heteroatoms. The Hall–Kier alpha value is -4.53. The second-order valence-corrected chi connectivity index (χ2v) is 8.77. The predicted octanol–water partition coefficient (Wildman–Crippen LogP) is 2.60. The van der Waals surface area contributed by atoms with Crippen molar-refractivity contribution in [2.75, 3.05) is 50.1 Å². The van der Waals surface area contributed by atoms with Crippen molar-refractivity contribution in [3.8, 4) is 5.75 Å². The fourth-order valence-corrected chi connectivity index (χ4v) is 4.27. The molecule has 1 heterocycles. The number of amides is 2. The number of amidine groups is 1. The number of benzene rings is 3. The molecule has 4 rings (SSSR count). The lowest BCUT2D eigenvalue weighted by atomic mass is 10.1. The van der Waals surface area contributed by atoms with E-state index in [0.29, 0.717) is 37.4 Å². The molecule has 37 heavy (non-hydrogen) atoms. The number of nitrogens with zero attached hydrogens (tertiary/aromatic N) is 2. The molecule has 1 aliphatic heterocycles. The van der Waals surface area contributed by atoms with E-state index in [1.807, 2.05) is 60.7 Å². The van der Waals surface area contributed by atoms with Crippen molar-refractivity contribution in [1.29, 1.82) is 5.41 Å². The SMILES string of the molecule is COc1ccc(N2CCN(C(=O)CNC(=O)C(Nc3cccc(C(=N)N)c3)c3ccccc3)CC2)cc1. The first-order valence-corrected chi connectivity index (χ1v) is 12.1. The van der Waals surface area contributed by atoms with Crippen LogP contribution < -0.4 is 26.0 Å². The topological polar surface area (TPSA) is 124 Å². The van der Waals surface area contributed by atoms with E-state index in [2.05, 4.69) is 15.5 Å². The molecule has 5 N–H and O–H groups in total. The van der Waals surface area contributed by atoms with Crippen LogP contribution in [-0.2, 0) is 9.59 Å². The van der Waals surface area contributed by atoms with Gasteiger partial charge in [0.15, 0.2) is 0 Å². The quantitative estimate of drug-likeness (QED) is 0.265. The van der Waals surface area contributed by atoms with E-state index in [4.69, 9.17) is 15.9 Å². The maximum Gasteiger partial charge on any atom is 0.247 e. The molecule has 0 aromatic heterocycles. The summed E-state index contributed by atoms with van der Waals surface area (Å²) in [4.78, 5) is 30.1. The molecular formula is C28H32N6O3. The number of anilines is 2. The van der Waals surface area contributed by atoms with E-state index in [1.165, 1.54) is 0 Å². The van der Waals surface area contributed by atoms with Gasteiger partial charge in [-0.1, -0.05) is 42.5 Å². The summed E-state index contributed by atoms with van der Waals surface area (Å²) in [6, 6.07) is 23.5. The van der Waals surface area contributed by atoms with E-state index in [9.17, 15) is 9.59 Å². The summed E-state index contributed by atoms with van der Waals surface area (Å²) in [6.45, 7) is 2.51. The maximum absolute atomic E-state index is 13.2. The number of methoxy groups -OCH3 is 1. The van der Waals surface area contributed by atoms with Gasteiger partial charge in [-0.25, -0.2) is 0 Å². The zero-order chi connectivity index (χ0) is 26.2. The molecule has 2 amide bonds. The lowest BCUT2D eigenvalue weighted by Crippen LogP contribution is -2.51. The van der Waals surface area contributed by atoms with Crippen LogP contribution in [0.1, 0.15) is 17.2 Å². The summed E-state index contributed by atoms with van der Waals surface area (Å²) in [5.41, 5.74) is 8.67. The number of carbonyl (C=O) groups excluding carboxylic acids is 2. The molecule has 0 radical (unpaired) electrons. The van der Waals surface area contributed by atoms with Crippen molar-refractivity contribution in [1.82, 2.24) is 10.2 Å². The first kappa shape index (κ1) is 25.6. The van der Waals surface area contributed by atoms with E-state index in [-0.39, 0.29) is 24.2 Å². The Morgan fingerprint density at radius 1 is 0.973 bits per heavy atom. The van der Waals surface area contributed by atoms with Crippen molar-refractivity contribution in [2.24, 2.45) is 5.73 Å². The molecule has 1 unspecified atom stereocenters. The number of piperazine rings is 1. The summed E-state index contributed by atoms with van der Waals surface area (Å²) in [7, 11) is 1.64. The number of hydrogen-bond acceptors (Lipinski definition) is 6. The molecule has 0 bridgehead atoms. The summed E-state index contributed by atoms with van der Waals surface area (Å²) < 4.78 is 5.22. The van der Waals surface area contributed by atoms with Crippen molar-refractivity contribution in [3.05, 3.63) is 90.0 Å². The Labute approximate surface area is 216 Å². The van der Waals surface area contributed by atoms with Crippen molar-refractivity contribution in [3.63, 3.8) is 0 Å². The molecule has 192 valence electrons. The first-order chi connectivity index (χ1) is 17.9. The summed E-state index contributed by atoms with van der Waals surface area (Å²) >= 11 is 0. The van der Waals surface area contributed by atoms with Crippen LogP contribution in [0, 0.1) is 5.41 Å². The van der Waals surface area contributed by atoms with Gasteiger partial charge in [-0.05, 0) is 42.0 Å². The summed E-state index contributed by atoms with van der Waals surface area (Å²) in [5, 5.41) is 13.7. The monoisotopic (exact) mass is 500 g/mol. The number of carbonyl (C=O) groups is 2. The van der Waals surface area contributed by atoms with Crippen LogP contribution in [0.15, 0.2) is 78.9 Å². The lowest BCUT2D eigenvalue weighted by Gasteiger charge is -2.36. The third-order valence-corrected chi connectivity index (χ3v) is 6.36. The highest BCUT2D eigenvalue weighted by Crippen LogP contribution is 2.22. The second-order valence-electron chi connectivity index (χ2n) is 8.77.